The van der Waals surface area contributed by atoms with Gasteiger partial charge in [-0.15, -0.1) is 0 Å². The fourth-order valence-electron chi connectivity index (χ4n) is 2.45. The molecule has 1 atom stereocenters. The highest BCUT2D eigenvalue weighted by molar-refractivity contribution is 5.19. The lowest BCUT2D eigenvalue weighted by Gasteiger charge is -2.19. The lowest BCUT2D eigenvalue weighted by atomic mass is 10.0. The Labute approximate surface area is 110 Å². The monoisotopic (exact) mass is 245 g/mol. The second-order valence-electron chi connectivity index (χ2n) is 4.99. The molecule has 1 aliphatic rings. The molecule has 0 amide bonds. The predicted molar refractivity (Wildman–Crippen MR) is 74.4 cm³/mol. The van der Waals surface area contributed by atoms with Crippen molar-refractivity contribution in [2.45, 2.75) is 52.0 Å². The van der Waals surface area contributed by atoms with Gasteiger partial charge < -0.3 is 5.32 Å². The van der Waals surface area contributed by atoms with Crippen LogP contribution < -0.4 is 5.32 Å². The van der Waals surface area contributed by atoms with Crippen LogP contribution in [0.4, 0.5) is 0 Å². The molecule has 1 unspecified atom stereocenters. The molecule has 0 aliphatic heterocycles. The van der Waals surface area contributed by atoms with Gasteiger partial charge in [-0.25, -0.2) is 9.97 Å². The van der Waals surface area contributed by atoms with E-state index in [0.29, 0.717) is 0 Å². The van der Waals surface area contributed by atoms with Gasteiger partial charge in [0.2, 0.25) is 0 Å². The summed E-state index contributed by atoms with van der Waals surface area (Å²) in [7, 11) is 0. The average molecular weight is 245 g/mol. The average Bonchev–Trinajstić information content (AvgIpc) is 2.66. The van der Waals surface area contributed by atoms with E-state index < -0.39 is 0 Å². The first-order valence-corrected chi connectivity index (χ1v) is 7.02. The van der Waals surface area contributed by atoms with Crippen LogP contribution in [0.25, 0.3) is 0 Å². The van der Waals surface area contributed by atoms with Gasteiger partial charge in [0, 0.05) is 12.4 Å². The lowest BCUT2D eigenvalue weighted by molar-refractivity contribution is 0.562. The third-order valence-corrected chi connectivity index (χ3v) is 3.41. The number of hydrogen-bond donors (Lipinski definition) is 1. The summed E-state index contributed by atoms with van der Waals surface area (Å²) in [4.78, 5) is 8.98. The van der Waals surface area contributed by atoms with Crippen LogP contribution in [0, 0.1) is 6.92 Å². The summed E-state index contributed by atoms with van der Waals surface area (Å²) in [5.74, 6) is 0.913. The van der Waals surface area contributed by atoms with Gasteiger partial charge in [0.05, 0.1) is 6.04 Å². The summed E-state index contributed by atoms with van der Waals surface area (Å²) in [6.45, 7) is 5.11. The summed E-state index contributed by atoms with van der Waals surface area (Å²) in [6, 6.07) is 0.202. The van der Waals surface area contributed by atoms with Crippen LogP contribution in [0.2, 0.25) is 0 Å². The fourth-order valence-corrected chi connectivity index (χ4v) is 2.45. The minimum atomic E-state index is 0.202. The number of aromatic nitrogens is 2. The van der Waals surface area contributed by atoms with Crippen molar-refractivity contribution in [3.8, 4) is 0 Å². The Kier molecular flexibility index (Phi) is 4.88. The van der Waals surface area contributed by atoms with Gasteiger partial charge in [-0.2, -0.15) is 0 Å². The Hall–Kier alpha value is -1.22. The predicted octanol–water partition coefficient (Wildman–Crippen LogP) is 3.33. The maximum Gasteiger partial charge on any atom is 0.149 e. The van der Waals surface area contributed by atoms with Crippen LogP contribution in [0.15, 0.2) is 24.0 Å². The topological polar surface area (TPSA) is 37.8 Å². The van der Waals surface area contributed by atoms with Crippen LogP contribution in [-0.4, -0.2) is 16.5 Å². The molecule has 1 aromatic heterocycles. The maximum absolute atomic E-state index is 4.49. The highest BCUT2D eigenvalue weighted by atomic mass is 15.0. The van der Waals surface area contributed by atoms with Gasteiger partial charge in [0.25, 0.3) is 0 Å². The molecule has 3 heteroatoms. The van der Waals surface area contributed by atoms with Gasteiger partial charge in [-0.05, 0) is 50.3 Å². The molecule has 0 saturated carbocycles. The van der Waals surface area contributed by atoms with Crippen molar-refractivity contribution in [1.82, 2.24) is 15.3 Å². The molecular formula is C15H23N3. The Morgan fingerprint density at radius 2 is 2.00 bits per heavy atom. The highest BCUT2D eigenvalue weighted by Crippen LogP contribution is 2.27. The normalized spacial score (nSPS) is 18.0. The molecule has 1 heterocycles. The third-order valence-electron chi connectivity index (χ3n) is 3.41. The zero-order chi connectivity index (χ0) is 12.8. The molecule has 2 rings (SSSR count). The number of rotatable bonds is 4. The fraction of sp³-hybridized carbons (Fsp3) is 0.600. The van der Waals surface area contributed by atoms with Crippen molar-refractivity contribution in [3.63, 3.8) is 0 Å². The van der Waals surface area contributed by atoms with Crippen LogP contribution in [0.3, 0.4) is 0 Å². The minimum absolute atomic E-state index is 0.202. The molecule has 98 valence electrons. The quantitative estimate of drug-likeness (QED) is 0.827. The van der Waals surface area contributed by atoms with E-state index in [4.69, 9.17) is 0 Å². The van der Waals surface area contributed by atoms with E-state index in [1.807, 2.05) is 19.3 Å². The van der Waals surface area contributed by atoms with Gasteiger partial charge in [-0.1, -0.05) is 19.4 Å². The molecule has 18 heavy (non-hydrogen) atoms. The van der Waals surface area contributed by atoms with Crippen molar-refractivity contribution in [2.75, 3.05) is 6.54 Å². The molecule has 3 nitrogen and oxygen atoms in total. The SMILES string of the molecule is CCNC(C1=CCCCCC1)c1ncc(C)cn1. The van der Waals surface area contributed by atoms with Gasteiger partial charge >= 0.3 is 0 Å². The number of nitrogens with zero attached hydrogens (tertiary/aromatic N) is 2. The van der Waals surface area contributed by atoms with E-state index in [9.17, 15) is 0 Å². The summed E-state index contributed by atoms with van der Waals surface area (Å²) >= 11 is 0. The number of nitrogens with one attached hydrogen (secondary N) is 1. The van der Waals surface area contributed by atoms with E-state index in [-0.39, 0.29) is 6.04 Å². The Bertz CT molecular complexity index is 395. The molecule has 1 N–H and O–H groups in total. The van der Waals surface area contributed by atoms with Crippen LogP contribution in [0.5, 0.6) is 0 Å². The summed E-state index contributed by atoms with van der Waals surface area (Å²) in [5.41, 5.74) is 2.59. The van der Waals surface area contributed by atoms with Crippen LogP contribution in [0.1, 0.15) is 56.5 Å². The smallest absolute Gasteiger partial charge is 0.149 e. The molecule has 0 spiro atoms. The molecule has 0 radical (unpaired) electrons. The first-order valence-electron chi connectivity index (χ1n) is 7.02. The molecule has 1 aromatic rings. The van der Waals surface area contributed by atoms with Crippen molar-refractivity contribution in [2.24, 2.45) is 0 Å². The molecule has 1 aliphatic carbocycles. The largest absolute Gasteiger partial charge is 0.304 e. The minimum Gasteiger partial charge on any atom is -0.304 e. The zero-order valence-corrected chi connectivity index (χ0v) is 11.4. The van der Waals surface area contributed by atoms with E-state index >= 15 is 0 Å². The molecule has 0 bridgehead atoms. The van der Waals surface area contributed by atoms with Crippen molar-refractivity contribution >= 4 is 0 Å². The Balaban J connectivity index is 2.21. The van der Waals surface area contributed by atoms with Crippen LogP contribution >= 0.6 is 0 Å². The van der Waals surface area contributed by atoms with Crippen molar-refractivity contribution in [3.05, 3.63) is 35.4 Å². The number of allylic oxidation sites excluding steroid dienone is 1. The maximum atomic E-state index is 4.49. The Morgan fingerprint density at radius 3 is 2.72 bits per heavy atom. The lowest BCUT2D eigenvalue weighted by Crippen LogP contribution is -2.24. The third kappa shape index (κ3) is 3.39. The zero-order valence-electron chi connectivity index (χ0n) is 11.4. The first-order chi connectivity index (χ1) is 8.81. The molecule has 0 aromatic carbocycles. The van der Waals surface area contributed by atoms with Gasteiger partial charge in [-0.3, -0.25) is 0 Å². The highest BCUT2D eigenvalue weighted by Gasteiger charge is 2.18. The second kappa shape index (κ2) is 6.64. The van der Waals surface area contributed by atoms with Crippen LogP contribution in [-0.2, 0) is 0 Å². The van der Waals surface area contributed by atoms with Gasteiger partial charge in [0.15, 0.2) is 0 Å². The summed E-state index contributed by atoms with van der Waals surface area (Å²) in [6.07, 6.45) is 12.5. The van der Waals surface area contributed by atoms with E-state index in [2.05, 4.69) is 28.3 Å². The van der Waals surface area contributed by atoms with E-state index in [0.717, 1.165) is 17.9 Å². The summed E-state index contributed by atoms with van der Waals surface area (Å²) in [5, 5.41) is 3.52. The molecular weight excluding hydrogens is 222 g/mol. The number of likely N-dealkylation sites (N-methyl/N-ethyl adjacent to an activating group) is 1. The van der Waals surface area contributed by atoms with E-state index in [1.54, 1.807) is 0 Å². The van der Waals surface area contributed by atoms with Gasteiger partial charge in [0.1, 0.15) is 5.82 Å². The number of hydrogen-bond acceptors (Lipinski definition) is 3. The number of aryl methyl sites for hydroxylation is 1. The van der Waals surface area contributed by atoms with Crippen molar-refractivity contribution in [1.29, 1.82) is 0 Å². The standard InChI is InChI=1S/C15H23N3/c1-3-16-14(13-8-6-4-5-7-9-13)15-17-10-12(2)11-18-15/h8,10-11,14,16H,3-7,9H2,1-2H3. The van der Waals surface area contributed by atoms with Crippen molar-refractivity contribution < 1.29 is 0 Å². The first kappa shape index (κ1) is 13.2. The second-order valence-corrected chi connectivity index (χ2v) is 4.99. The Morgan fingerprint density at radius 1 is 1.22 bits per heavy atom. The molecule has 0 saturated heterocycles. The van der Waals surface area contributed by atoms with E-state index in [1.165, 1.54) is 37.7 Å². The molecule has 0 fully saturated rings. The summed E-state index contributed by atoms with van der Waals surface area (Å²) < 4.78 is 0.